The molecule has 0 heterocycles. The van der Waals surface area contributed by atoms with Crippen molar-refractivity contribution < 1.29 is 10.2 Å². The summed E-state index contributed by atoms with van der Waals surface area (Å²) < 4.78 is 0. The lowest BCUT2D eigenvalue weighted by Crippen LogP contribution is -2.37. The lowest BCUT2D eigenvalue weighted by molar-refractivity contribution is 0.207. The van der Waals surface area contributed by atoms with Crippen LogP contribution >= 0.6 is 23.2 Å². The molecule has 5 heteroatoms. The highest BCUT2D eigenvalue weighted by molar-refractivity contribution is 6.35. The van der Waals surface area contributed by atoms with Gasteiger partial charge in [0.25, 0.3) is 0 Å². The van der Waals surface area contributed by atoms with Crippen LogP contribution in [0.1, 0.15) is 12.5 Å². The van der Waals surface area contributed by atoms with Crippen molar-refractivity contribution >= 4 is 23.2 Å². The molecule has 0 radical (unpaired) electrons. The molecular formula is C9H11Cl2NO2. The second-order valence-electron chi connectivity index (χ2n) is 3.36. The number of hydrogen-bond acceptors (Lipinski definition) is 3. The largest absolute Gasteiger partial charge is 0.506 e. The molecule has 0 bridgehead atoms. The molecule has 0 saturated heterocycles. The lowest BCUT2D eigenvalue weighted by Gasteiger charge is -2.23. The zero-order chi connectivity index (χ0) is 10.9. The fourth-order valence-corrected chi connectivity index (χ4v) is 1.58. The second kappa shape index (κ2) is 3.95. The molecule has 0 saturated carbocycles. The van der Waals surface area contributed by atoms with Gasteiger partial charge in [-0.15, -0.1) is 0 Å². The summed E-state index contributed by atoms with van der Waals surface area (Å²) >= 11 is 11.5. The van der Waals surface area contributed by atoms with Gasteiger partial charge in [-0.3, -0.25) is 0 Å². The van der Waals surface area contributed by atoms with Crippen LogP contribution < -0.4 is 5.73 Å². The van der Waals surface area contributed by atoms with E-state index in [9.17, 15) is 5.11 Å². The van der Waals surface area contributed by atoms with Crippen molar-refractivity contribution in [3.8, 4) is 5.75 Å². The van der Waals surface area contributed by atoms with Gasteiger partial charge in [0.1, 0.15) is 5.75 Å². The van der Waals surface area contributed by atoms with E-state index in [0.29, 0.717) is 10.6 Å². The number of aromatic hydroxyl groups is 1. The molecule has 1 unspecified atom stereocenters. The molecule has 0 aliphatic heterocycles. The summed E-state index contributed by atoms with van der Waals surface area (Å²) in [6.07, 6.45) is 0. The van der Waals surface area contributed by atoms with Crippen molar-refractivity contribution in [3.05, 3.63) is 27.7 Å². The first-order valence-electron chi connectivity index (χ1n) is 3.96. The average molecular weight is 236 g/mol. The normalized spacial score (nSPS) is 15.2. The molecule has 1 atom stereocenters. The number of rotatable bonds is 2. The standard InChI is InChI=1S/C9H11Cl2NO2/c1-9(12,4-13)6-2-5(10)3-7(11)8(6)14/h2-3,13-14H,4,12H2,1H3. The predicted octanol–water partition coefficient (Wildman–Crippen LogP) is 1.87. The van der Waals surface area contributed by atoms with Gasteiger partial charge in [-0.25, -0.2) is 0 Å². The van der Waals surface area contributed by atoms with Crippen molar-refractivity contribution in [2.45, 2.75) is 12.5 Å². The van der Waals surface area contributed by atoms with Gasteiger partial charge in [0.2, 0.25) is 0 Å². The molecule has 1 aromatic carbocycles. The third-order valence-electron chi connectivity index (χ3n) is 1.97. The van der Waals surface area contributed by atoms with Gasteiger partial charge < -0.3 is 15.9 Å². The van der Waals surface area contributed by atoms with Crippen molar-refractivity contribution in [3.63, 3.8) is 0 Å². The minimum atomic E-state index is -1.06. The summed E-state index contributed by atoms with van der Waals surface area (Å²) in [6.45, 7) is 1.27. The van der Waals surface area contributed by atoms with Gasteiger partial charge >= 0.3 is 0 Å². The third kappa shape index (κ3) is 2.12. The van der Waals surface area contributed by atoms with Crippen LogP contribution in [-0.2, 0) is 5.54 Å². The van der Waals surface area contributed by atoms with E-state index in [1.165, 1.54) is 12.1 Å². The topological polar surface area (TPSA) is 66.5 Å². The highest BCUT2D eigenvalue weighted by atomic mass is 35.5. The SMILES string of the molecule is CC(N)(CO)c1cc(Cl)cc(Cl)c1O. The summed E-state index contributed by atoms with van der Waals surface area (Å²) in [5.41, 5.74) is 5.02. The molecule has 4 N–H and O–H groups in total. The van der Waals surface area contributed by atoms with Crippen molar-refractivity contribution in [2.75, 3.05) is 6.61 Å². The first-order valence-corrected chi connectivity index (χ1v) is 4.72. The van der Waals surface area contributed by atoms with Crippen LogP contribution in [-0.4, -0.2) is 16.8 Å². The molecule has 0 aliphatic carbocycles. The van der Waals surface area contributed by atoms with Crippen LogP contribution in [0, 0.1) is 0 Å². The van der Waals surface area contributed by atoms with E-state index in [4.69, 9.17) is 34.0 Å². The number of halogens is 2. The fraction of sp³-hybridized carbons (Fsp3) is 0.333. The Hall–Kier alpha value is -0.480. The molecule has 1 rings (SSSR count). The third-order valence-corrected chi connectivity index (χ3v) is 2.48. The van der Waals surface area contributed by atoms with Crippen LogP contribution in [0.4, 0.5) is 0 Å². The molecule has 14 heavy (non-hydrogen) atoms. The van der Waals surface area contributed by atoms with Gasteiger partial charge in [-0.05, 0) is 19.1 Å². The lowest BCUT2D eigenvalue weighted by atomic mass is 9.93. The van der Waals surface area contributed by atoms with Crippen molar-refractivity contribution in [1.82, 2.24) is 0 Å². The minimum absolute atomic E-state index is 0.123. The Morgan fingerprint density at radius 2 is 2.00 bits per heavy atom. The van der Waals surface area contributed by atoms with E-state index in [1.54, 1.807) is 6.92 Å². The van der Waals surface area contributed by atoms with E-state index in [1.807, 2.05) is 0 Å². The number of hydrogen-bond donors (Lipinski definition) is 3. The number of nitrogens with two attached hydrogens (primary N) is 1. The van der Waals surface area contributed by atoms with E-state index < -0.39 is 5.54 Å². The summed E-state index contributed by atoms with van der Waals surface area (Å²) in [6, 6.07) is 2.90. The van der Waals surface area contributed by atoms with E-state index in [0.717, 1.165) is 0 Å². The zero-order valence-electron chi connectivity index (χ0n) is 7.59. The second-order valence-corrected chi connectivity index (χ2v) is 4.20. The minimum Gasteiger partial charge on any atom is -0.506 e. The monoisotopic (exact) mass is 235 g/mol. The molecule has 0 aliphatic rings. The molecule has 0 spiro atoms. The first kappa shape index (κ1) is 11.6. The molecule has 78 valence electrons. The Morgan fingerprint density at radius 1 is 1.43 bits per heavy atom. The highest BCUT2D eigenvalue weighted by Gasteiger charge is 2.25. The number of phenolic OH excluding ortho intramolecular Hbond substituents is 1. The zero-order valence-corrected chi connectivity index (χ0v) is 9.10. The van der Waals surface area contributed by atoms with Gasteiger partial charge in [-0.2, -0.15) is 0 Å². The van der Waals surface area contributed by atoms with Crippen molar-refractivity contribution in [2.24, 2.45) is 5.73 Å². The summed E-state index contributed by atoms with van der Waals surface area (Å²) in [5, 5.41) is 19.1. The van der Waals surface area contributed by atoms with Crippen LogP contribution in [0.3, 0.4) is 0 Å². The Balaban J connectivity index is 3.34. The molecular weight excluding hydrogens is 225 g/mol. The van der Waals surface area contributed by atoms with Crippen LogP contribution in [0.2, 0.25) is 10.0 Å². The van der Waals surface area contributed by atoms with Crippen LogP contribution in [0.25, 0.3) is 0 Å². The number of benzene rings is 1. The number of phenols is 1. The molecule has 3 nitrogen and oxygen atoms in total. The maximum absolute atomic E-state index is 9.61. The molecule has 0 amide bonds. The fourth-order valence-electron chi connectivity index (χ4n) is 1.09. The van der Waals surface area contributed by atoms with E-state index in [-0.39, 0.29) is 17.4 Å². The smallest absolute Gasteiger partial charge is 0.139 e. The molecule has 0 aromatic heterocycles. The van der Waals surface area contributed by atoms with E-state index in [2.05, 4.69) is 0 Å². The number of aliphatic hydroxyl groups excluding tert-OH is 1. The summed E-state index contributed by atoms with van der Waals surface area (Å²) in [5.74, 6) is -0.143. The van der Waals surface area contributed by atoms with Gasteiger partial charge in [-0.1, -0.05) is 23.2 Å². The number of aliphatic hydroxyl groups is 1. The van der Waals surface area contributed by atoms with Gasteiger partial charge in [0, 0.05) is 10.6 Å². The first-order chi connectivity index (χ1) is 6.38. The Kier molecular flexibility index (Phi) is 3.27. The average Bonchev–Trinajstić information content (AvgIpc) is 2.11. The quantitative estimate of drug-likeness (QED) is 0.734. The van der Waals surface area contributed by atoms with Crippen LogP contribution in [0.5, 0.6) is 5.75 Å². The van der Waals surface area contributed by atoms with Crippen LogP contribution in [0.15, 0.2) is 12.1 Å². The van der Waals surface area contributed by atoms with Gasteiger partial charge in [0.15, 0.2) is 0 Å². The predicted molar refractivity (Wildman–Crippen MR) is 56.8 cm³/mol. The van der Waals surface area contributed by atoms with Crippen molar-refractivity contribution in [1.29, 1.82) is 0 Å². The Bertz CT molecular complexity index is 353. The Labute approximate surface area is 92.1 Å². The molecule has 1 aromatic rings. The van der Waals surface area contributed by atoms with E-state index >= 15 is 0 Å². The summed E-state index contributed by atoms with van der Waals surface area (Å²) in [7, 11) is 0. The molecule has 0 fully saturated rings. The maximum atomic E-state index is 9.61. The highest BCUT2D eigenvalue weighted by Crippen LogP contribution is 2.36. The van der Waals surface area contributed by atoms with Gasteiger partial charge in [0.05, 0.1) is 17.2 Å². The maximum Gasteiger partial charge on any atom is 0.139 e. The summed E-state index contributed by atoms with van der Waals surface area (Å²) in [4.78, 5) is 0. The Morgan fingerprint density at radius 3 is 2.50 bits per heavy atom.